The van der Waals surface area contributed by atoms with Crippen molar-refractivity contribution < 1.29 is 18.7 Å². The van der Waals surface area contributed by atoms with E-state index in [1.165, 1.54) is 29.0 Å². The number of nitrogens with one attached hydrogen (secondary N) is 3. The fraction of sp³-hybridized carbons (Fsp3) is 0.391. The van der Waals surface area contributed by atoms with Crippen molar-refractivity contribution >= 4 is 46.3 Å². The summed E-state index contributed by atoms with van der Waals surface area (Å²) in [7, 11) is 0. The lowest BCUT2D eigenvalue weighted by Gasteiger charge is -2.25. The van der Waals surface area contributed by atoms with Crippen LogP contribution in [-0.2, 0) is 20.9 Å². The second-order valence-electron chi connectivity index (χ2n) is 7.59. The summed E-state index contributed by atoms with van der Waals surface area (Å²) < 4.78 is 21.4. The number of thiazole rings is 1. The van der Waals surface area contributed by atoms with Gasteiger partial charge in [0.15, 0.2) is 5.57 Å². The molecule has 1 aromatic heterocycles. The number of nitrogens with zero attached hydrogens (tertiary/aromatic N) is 3. The number of anilines is 2. The van der Waals surface area contributed by atoms with Gasteiger partial charge in [-0.15, -0.1) is 11.3 Å². The molecule has 0 radical (unpaired) electrons. The summed E-state index contributed by atoms with van der Waals surface area (Å²) in [5.74, 6) is -1.48. The molecule has 35 heavy (non-hydrogen) atoms. The van der Waals surface area contributed by atoms with Crippen LogP contribution in [0.5, 0.6) is 0 Å². The predicted octanol–water partition coefficient (Wildman–Crippen LogP) is -0.0000200. The molecule has 0 atom stereocenters. The van der Waals surface area contributed by atoms with Crippen LogP contribution in [0.15, 0.2) is 23.0 Å². The summed E-state index contributed by atoms with van der Waals surface area (Å²) >= 11 is 1.01. The van der Waals surface area contributed by atoms with E-state index in [1.54, 1.807) is 13.8 Å². The molecule has 1 aromatic carbocycles. The Morgan fingerprint density at radius 1 is 1.29 bits per heavy atom. The molecule has 0 bridgehead atoms. The minimum absolute atomic E-state index is 0.0100. The van der Waals surface area contributed by atoms with E-state index in [9.17, 15) is 24.0 Å². The molecule has 1 aliphatic heterocycles. The number of rotatable bonds is 8. The molecular weight excluding hydrogens is 475 g/mol. The van der Waals surface area contributed by atoms with Crippen LogP contribution in [0.4, 0.5) is 15.8 Å². The van der Waals surface area contributed by atoms with Crippen LogP contribution in [0.2, 0.25) is 0 Å². The van der Waals surface area contributed by atoms with Gasteiger partial charge in [0.25, 0.3) is 11.5 Å². The first-order valence-corrected chi connectivity index (χ1v) is 12.0. The molecule has 0 spiro atoms. The monoisotopic (exact) mass is 502 g/mol. The summed E-state index contributed by atoms with van der Waals surface area (Å²) in [5, 5.41) is 17.6. The SMILES string of the molecule is CCNC(=O)/C(C#N)=c1\s/c(=C/Nc2ccc(F)c(NC(=O)CN3CCOCC3)c2)c(=O)n1CC. The minimum Gasteiger partial charge on any atom is -0.379 e. The van der Waals surface area contributed by atoms with Gasteiger partial charge in [-0.1, -0.05) is 0 Å². The summed E-state index contributed by atoms with van der Waals surface area (Å²) in [6.07, 6.45) is 1.43. The summed E-state index contributed by atoms with van der Waals surface area (Å²) in [4.78, 5) is 39.3. The third-order valence-corrected chi connectivity index (χ3v) is 6.33. The Morgan fingerprint density at radius 2 is 2.03 bits per heavy atom. The van der Waals surface area contributed by atoms with Crippen molar-refractivity contribution in [1.29, 1.82) is 5.26 Å². The standard InChI is InChI=1S/C23H27FN6O4S/c1-3-26-21(32)16(12-25)23-30(4-2)22(33)19(35-23)13-27-15-5-6-17(24)18(11-15)28-20(31)14-29-7-9-34-10-8-29/h5-6,11,13,27H,3-4,7-10,14H2,1-2H3,(H,26,32)(H,28,31)/b19-13+,23-16-. The lowest BCUT2D eigenvalue weighted by molar-refractivity contribution is -0.118. The Morgan fingerprint density at radius 3 is 2.69 bits per heavy atom. The maximum Gasteiger partial charge on any atom is 0.270 e. The zero-order valence-corrected chi connectivity index (χ0v) is 20.3. The fourth-order valence-corrected chi connectivity index (χ4v) is 4.54. The second-order valence-corrected chi connectivity index (χ2v) is 8.62. The molecule has 186 valence electrons. The van der Waals surface area contributed by atoms with E-state index in [0.29, 0.717) is 38.5 Å². The van der Waals surface area contributed by atoms with E-state index in [2.05, 4.69) is 16.0 Å². The van der Waals surface area contributed by atoms with Crippen LogP contribution < -0.4 is 30.7 Å². The quantitative estimate of drug-likeness (QED) is 0.464. The third-order valence-electron chi connectivity index (χ3n) is 5.20. The van der Waals surface area contributed by atoms with Crippen molar-refractivity contribution in [3.63, 3.8) is 0 Å². The number of morpholine rings is 1. The topological polar surface area (TPSA) is 128 Å². The minimum atomic E-state index is -0.590. The Bertz CT molecular complexity index is 1310. The van der Waals surface area contributed by atoms with Gasteiger partial charge in [-0.2, -0.15) is 5.26 Å². The molecule has 3 rings (SSSR count). The zero-order chi connectivity index (χ0) is 25.4. The summed E-state index contributed by atoms with van der Waals surface area (Å²) in [5.41, 5.74) is -0.0461. The van der Waals surface area contributed by atoms with Crippen molar-refractivity contribution in [2.45, 2.75) is 20.4 Å². The van der Waals surface area contributed by atoms with Gasteiger partial charge >= 0.3 is 0 Å². The largest absolute Gasteiger partial charge is 0.379 e. The maximum absolute atomic E-state index is 14.3. The van der Waals surface area contributed by atoms with E-state index in [0.717, 1.165) is 11.3 Å². The molecule has 1 saturated heterocycles. The molecule has 2 aromatic rings. The van der Waals surface area contributed by atoms with Crippen molar-refractivity contribution in [2.75, 3.05) is 50.0 Å². The van der Waals surface area contributed by atoms with E-state index in [-0.39, 0.29) is 45.0 Å². The first-order chi connectivity index (χ1) is 16.9. The summed E-state index contributed by atoms with van der Waals surface area (Å²) in [6.45, 7) is 6.61. The normalized spacial score (nSPS) is 15.3. The fourth-order valence-electron chi connectivity index (χ4n) is 3.45. The molecule has 2 heterocycles. The van der Waals surface area contributed by atoms with E-state index in [4.69, 9.17) is 4.74 Å². The summed E-state index contributed by atoms with van der Waals surface area (Å²) in [6, 6.07) is 5.99. The van der Waals surface area contributed by atoms with Crippen LogP contribution in [0, 0.1) is 17.1 Å². The van der Waals surface area contributed by atoms with Crippen LogP contribution in [0.1, 0.15) is 13.8 Å². The lowest BCUT2D eigenvalue weighted by Crippen LogP contribution is -2.41. The van der Waals surface area contributed by atoms with Crippen molar-refractivity contribution in [1.82, 2.24) is 14.8 Å². The molecule has 2 amide bonds. The Hall–Kier alpha value is -3.53. The van der Waals surface area contributed by atoms with Crippen LogP contribution in [0.3, 0.4) is 0 Å². The highest BCUT2D eigenvalue weighted by molar-refractivity contribution is 7.07. The van der Waals surface area contributed by atoms with Gasteiger partial charge < -0.3 is 20.7 Å². The predicted molar refractivity (Wildman–Crippen MR) is 132 cm³/mol. The highest BCUT2D eigenvalue weighted by Crippen LogP contribution is 2.19. The van der Waals surface area contributed by atoms with Gasteiger partial charge in [0.2, 0.25) is 5.91 Å². The lowest BCUT2D eigenvalue weighted by atomic mass is 10.2. The number of carbonyl (C=O) groups excluding carboxylic acids is 2. The van der Waals surface area contributed by atoms with Crippen molar-refractivity contribution in [3.8, 4) is 6.07 Å². The first-order valence-electron chi connectivity index (χ1n) is 11.2. The molecule has 1 aliphatic rings. The molecule has 12 heteroatoms. The van der Waals surface area contributed by atoms with E-state index >= 15 is 0 Å². The van der Waals surface area contributed by atoms with E-state index < -0.39 is 11.7 Å². The second kappa shape index (κ2) is 12.3. The highest BCUT2D eigenvalue weighted by atomic mass is 32.1. The van der Waals surface area contributed by atoms with Crippen LogP contribution >= 0.6 is 11.3 Å². The zero-order valence-electron chi connectivity index (χ0n) is 19.5. The first kappa shape index (κ1) is 26.1. The molecule has 10 nitrogen and oxygen atoms in total. The Kier molecular flexibility index (Phi) is 9.13. The van der Waals surface area contributed by atoms with Gasteiger partial charge in [-0.25, -0.2) is 4.39 Å². The molecule has 0 unspecified atom stereocenters. The number of hydrogen-bond acceptors (Lipinski definition) is 8. The highest BCUT2D eigenvalue weighted by Gasteiger charge is 2.16. The average molecular weight is 503 g/mol. The molecular formula is C23H27FN6O4S. The maximum atomic E-state index is 14.3. The van der Waals surface area contributed by atoms with Gasteiger partial charge in [0.1, 0.15) is 21.1 Å². The molecule has 0 aliphatic carbocycles. The molecule has 1 fully saturated rings. The number of aromatic nitrogens is 1. The van der Waals surface area contributed by atoms with Gasteiger partial charge in [0.05, 0.1) is 25.4 Å². The number of nitriles is 1. The number of benzene rings is 1. The number of hydrogen-bond donors (Lipinski definition) is 3. The van der Waals surface area contributed by atoms with Crippen molar-refractivity contribution in [3.05, 3.63) is 43.6 Å². The Balaban J connectivity index is 1.84. The van der Waals surface area contributed by atoms with E-state index in [1.807, 2.05) is 11.0 Å². The van der Waals surface area contributed by atoms with Crippen LogP contribution in [0.25, 0.3) is 11.8 Å². The number of halogens is 1. The Labute approximate surface area is 205 Å². The number of ether oxygens (including phenoxy) is 1. The van der Waals surface area contributed by atoms with Gasteiger partial charge in [0, 0.05) is 38.1 Å². The molecule has 3 N–H and O–H groups in total. The van der Waals surface area contributed by atoms with Gasteiger partial charge in [-0.05, 0) is 32.0 Å². The van der Waals surface area contributed by atoms with Gasteiger partial charge in [-0.3, -0.25) is 23.9 Å². The van der Waals surface area contributed by atoms with Crippen molar-refractivity contribution in [2.24, 2.45) is 0 Å². The number of carbonyl (C=O) groups is 2. The number of amides is 2. The average Bonchev–Trinajstić information content (AvgIpc) is 3.15. The van der Waals surface area contributed by atoms with Crippen LogP contribution in [-0.4, -0.2) is 60.7 Å². The molecule has 0 saturated carbocycles. The third kappa shape index (κ3) is 6.54. The smallest absolute Gasteiger partial charge is 0.270 e.